The molecule has 4 rings (SSSR count). The number of fused-ring (bicyclic) bond motifs is 2. The van der Waals surface area contributed by atoms with E-state index in [1.54, 1.807) is 0 Å². The van der Waals surface area contributed by atoms with E-state index in [9.17, 15) is 4.79 Å². The number of nitrogens with one attached hydrogen (secondary N) is 1. The smallest absolute Gasteiger partial charge is 0.322 e. The van der Waals surface area contributed by atoms with Crippen LogP contribution in [-0.4, -0.2) is 22.0 Å². The Morgan fingerprint density at radius 3 is 2.84 bits per heavy atom. The molecule has 0 saturated carbocycles. The summed E-state index contributed by atoms with van der Waals surface area (Å²) in [6, 6.07) is 10.9. The van der Waals surface area contributed by atoms with E-state index in [1.807, 2.05) is 4.90 Å². The molecular formula is C21H27N3O. The third kappa shape index (κ3) is 2.84. The first-order valence-corrected chi connectivity index (χ1v) is 9.53. The molecule has 4 nitrogen and oxygen atoms in total. The summed E-state index contributed by atoms with van der Waals surface area (Å²) < 4.78 is 2.35. The van der Waals surface area contributed by atoms with Crippen LogP contribution in [0.25, 0.3) is 0 Å². The SMILES string of the molecule is CC[C@@H]1c2ccc(C)n2CCN1C(=O)Nc1cccc2c1CCCC2. The van der Waals surface area contributed by atoms with E-state index in [4.69, 9.17) is 0 Å². The van der Waals surface area contributed by atoms with Crippen LogP contribution in [0.5, 0.6) is 0 Å². The molecule has 1 aliphatic carbocycles. The summed E-state index contributed by atoms with van der Waals surface area (Å²) >= 11 is 0. The quantitative estimate of drug-likeness (QED) is 0.849. The highest BCUT2D eigenvalue weighted by molar-refractivity contribution is 5.90. The van der Waals surface area contributed by atoms with Gasteiger partial charge in [0.15, 0.2) is 0 Å². The number of aryl methyl sites for hydroxylation is 2. The Labute approximate surface area is 149 Å². The van der Waals surface area contributed by atoms with Gasteiger partial charge in [0.05, 0.1) is 6.04 Å². The Balaban J connectivity index is 1.58. The minimum Gasteiger partial charge on any atom is -0.345 e. The molecule has 0 bridgehead atoms. The summed E-state index contributed by atoms with van der Waals surface area (Å²) in [5.41, 5.74) is 6.29. The molecule has 0 spiro atoms. The molecule has 4 heteroatoms. The van der Waals surface area contributed by atoms with Crippen LogP contribution in [0.2, 0.25) is 0 Å². The number of aromatic nitrogens is 1. The van der Waals surface area contributed by atoms with Gasteiger partial charge in [-0.1, -0.05) is 19.1 Å². The van der Waals surface area contributed by atoms with E-state index in [1.165, 1.54) is 35.4 Å². The molecule has 2 amide bonds. The zero-order valence-corrected chi connectivity index (χ0v) is 15.2. The van der Waals surface area contributed by atoms with Crippen molar-refractivity contribution in [2.75, 3.05) is 11.9 Å². The van der Waals surface area contributed by atoms with E-state index >= 15 is 0 Å². The topological polar surface area (TPSA) is 37.3 Å². The van der Waals surface area contributed by atoms with Crippen molar-refractivity contribution < 1.29 is 4.79 Å². The molecule has 1 N–H and O–H groups in total. The minimum atomic E-state index is 0.0379. The first kappa shape index (κ1) is 16.2. The second-order valence-electron chi connectivity index (χ2n) is 7.25. The van der Waals surface area contributed by atoms with Gasteiger partial charge in [-0.25, -0.2) is 4.79 Å². The van der Waals surface area contributed by atoms with Crippen LogP contribution in [0.3, 0.4) is 0 Å². The van der Waals surface area contributed by atoms with E-state index < -0.39 is 0 Å². The van der Waals surface area contributed by atoms with Gasteiger partial charge in [0, 0.05) is 30.2 Å². The number of carbonyl (C=O) groups is 1. The van der Waals surface area contributed by atoms with Gasteiger partial charge in [-0.15, -0.1) is 0 Å². The summed E-state index contributed by atoms with van der Waals surface area (Å²) in [5.74, 6) is 0. The van der Waals surface area contributed by atoms with E-state index in [-0.39, 0.29) is 12.1 Å². The van der Waals surface area contributed by atoms with Crippen LogP contribution < -0.4 is 5.32 Å². The van der Waals surface area contributed by atoms with Crippen molar-refractivity contribution in [3.05, 3.63) is 52.8 Å². The standard InChI is InChI=1S/C21H27N3O/c1-3-19-20-12-11-15(2)23(20)13-14-24(19)21(25)22-18-10-6-8-16-7-4-5-9-17(16)18/h6,8,10-12,19H,3-5,7,9,13-14H2,1-2H3,(H,22,25)/t19-/m1/s1. The fourth-order valence-electron chi connectivity index (χ4n) is 4.47. The van der Waals surface area contributed by atoms with Crippen molar-refractivity contribution in [1.82, 2.24) is 9.47 Å². The van der Waals surface area contributed by atoms with Gasteiger partial charge < -0.3 is 14.8 Å². The highest BCUT2D eigenvalue weighted by Crippen LogP contribution is 2.32. The van der Waals surface area contributed by atoms with Crippen LogP contribution in [0.1, 0.15) is 54.7 Å². The van der Waals surface area contributed by atoms with Gasteiger partial charge in [-0.2, -0.15) is 0 Å². The van der Waals surface area contributed by atoms with Crippen molar-refractivity contribution in [3.8, 4) is 0 Å². The Hall–Kier alpha value is -2.23. The monoisotopic (exact) mass is 337 g/mol. The molecule has 2 aliphatic rings. The van der Waals surface area contributed by atoms with Gasteiger partial charge in [-0.05, 0) is 68.4 Å². The molecule has 25 heavy (non-hydrogen) atoms. The van der Waals surface area contributed by atoms with Crippen molar-refractivity contribution in [2.24, 2.45) is 0 Å². The number of urea groups is 1. The van der Waals surface area contributed by atoms with Crippen molar-refractivity contribution >= 4 is 11.7 Å². The molecule has 2 heterocycles. The molecule has 0 radical (unpaired) electrons. The number of amides is 2. The maximum absolute atomic E-state index is 13.0. The molecule has 0 saturated heterocycles. The third-order valence-electron chi connectivity index (χ3n) is 5.80. The zero-order valence-electron chi connectivity index (χ0n) is 15.2. The maximum Gasteiger partial charge on any atom is 0.322 e. The second-order valence-corrected chi connectivity index (χ2v) is 7.25. The van der Waals surface area contributed by atoms with Gasteiger partial charge in [-0.3, -0.25) is 0 Å². The van der Waals surface area contributed by atoms with Crippen molar-refractivity contribution in [1.29, 1.82) is 0 Å². The number of anilines is 1. The van der Waals surface area contributed by atoms with Crippen molar-refractivity contribution in [3.63, 3.8) is 0 Å². The average molecular weight is 337 g/mol. The van der Waals surface area contributed by atoms with E-state index in [0.29, 0.717) is 0 Å². The summed E-state index contributed by atoms with van der Waals surface area (Å²) in [6.07, 6.45) is 5.61. The third-order valence-corrected chi connectivity index (χ3v) is 5.80. The van der Waals surface area contributed by atoms with Crippen LogP contribution in [0.15, 0.2) is 30.3 Å². The van der Waals surface area contributed by atoms with Gasteiger partial charge in [0.2, 0.25) is 0 Å². The molecule has 1 atom stereocenters. The van der Waals surface area contributed by atoms with Crippen LogP contribution in [0, 0.1) is 6.92 Å². The largest absolute Gasteiger partial charge is 0.345 e. The zero-order chi connectivity index (χ0) is 17.4. The number of carbonyl (C=O) groups excluding carboxylic acids is 1. The Bertz CT molecular complexity index is 792. The van der Waals surface area contributed by atoms with Crippen LogP contribution in [0.4, 0.5) is 10.5 Å². The summed E-state index contributed by atoms with van der Waals surface area (Å²) in [6.45, 7) is 5.95. The molecule has 2 aromatic rings. The first-order valence-electron chi connectivity index (χ1n) is 9.53. The summed E-state index contributed by atoms with van der Waals surface area (Å²) in [5, 5.41) is 3.22. The molecule has 132 valence electrons. The van der Waals surface area contributed by atoms with Gasteiger partial charge in [0.1, 0.15) is 0 Å². The Kier molecular flexibility index (Phi) is 4.28. The molecule has 1 aromatic heterocycles. The summed E-state index contributed by atoms with van der Waals surface area (Å²) in [4.78, 5) is 15.1. The fraction of sp³-hybridized carbons (Fsp3) is 0.476. The minimum absolute atomic E-state index is 0.0379. The highest BCUT2D eigenvalue weighted by Gasteiger charge is 2.30. The Morgan fingerprint density at radius 1 is 1.16 bits per heavy atom. The maximum atomic E-state index is 13.0. The van der Waals surface area contributed by atoms with E-state index in [2.05, 4.69) is 54.1 Å². The molecular weight excluding hydrogens is 310 g/mol. The average Bonchev–Trinajstić information content (AvgIpc) is 3.02. The number of hydrogen-bond donors (Lipinski definition) is 1. The Morgan fingerprint density at radius 2 is 2.00 bits per heavy atom. The molecule has 0 unspecified atom stereocenters. The van der Waals surface area contributed by atoms with Gasteiger partial charge >= 0.3 is 6.03 Å². The first-order chi connectivity index (χ1) is 12.2. The fourth-order valence-corrected chi connectivity index (χ4v) is 4.47. The van der Waals surface area contributed by atoms with Crippen LogP contribution in [-0.2, 0) is 19.4 Å². The number of nitrogens with zero attached hydrogens (tertiary/aromatic N) is 2. The van der Waals surface area contributed by atoms with Crippen molar-refractivity contribution in [2.45, 2.75) is 58.5 Å². The lowest BCUT2D eigenvalue weighted by Crippen LogP contribution is -2.44. The molecule has 1 aliphatic heterocycles. The summed E-state index contributed by atoms with van der Waals surface area (Å²) in [7, 11) is 0. The van der Waals surface area contributed by atoms with Gasteiger partial charge in [0.25, 0.3) is 0 Å². The number of hydrogen-bond acceptors (Lipinski definition) is 1. The van der Waals surface area contributed by atoms with Crippen LogP contribution >= 0.6 is 0 Å². The second kappa shape index (κ2) is 6.58. The lowest BCUT2D eigenvalue weighted by atomic mass is 9.90. The van der Waals surface area contributed by atoms with E-state index in [0.717, 1.165) is 38.0 Å². The lowest BCUT2D eigenvalue weighted by Gasteiger charge is -2.37. The predicted octanol–water partition coefficient (Wildman–Crippen LogP) is 4.67. The lowest BCUT2D eigenvalue weighted by molar-refractivity contribution is 0.165. The normalized spacial score (nSPS) is 19.3. The molecule has 0 fully saturated rings. The predicted molar refractivity (Wildman–Crippen MR) is 101 cm³/mol. The highest BCUT2D eigenvalue weighted by atomic mass is 16.2. The molecule has 1 aromatic carbocycles. The number of benzene rings is 1. The number of rotatable bonds is 2.